The molecule has 1 aliphatic rings. The maximum atomic E-state index is 13.0. The highest BCUT2D eigenvalue weighted by atomic mass is 32.2. The highest BCUT2D eigenvalue weighted by Gasteiger charge is 2.30. The van der Waals surface area contributed by atoms with E-state index in [-0.39, 0.29) is 17.0 Å². The van der Waals surface area contributed by atoms with Crippen molar-refractivity contribution in [1.82, 2.24) is 14.8 Å². The topological polar surface area (TPSA) is 47.8 Å². The molecular weight excluding hydrogens is 313 g/mol. The molecule has 114 valence electrons. The van der Waals surface area contributed by atoms with Crippen molar-refractivity contribution < 1.29 is 9.18 Å². The van der Waals surface area contributed by atoms with E-state index in [2.05, 4.69) is 10.1 Å². The van der Waals surface area contributed by atoms with Crippen LogP contribution >= 0.6 is 11.8 Å². The van der Waals surface area contributed by atoms with E-state index in [0.717, 1.165) is 5.56 Å². The molecule has 0 aliphatic carbocycles. The molecule has 0 fully saturated rings. The molecule has 1 atom stereocenters. The summed E-state index contributed by atoms with van der Waals surface area (Å²) in [7, 11) is 0. The summed E-state index contributed by atoms with van der Waals surface area (Å²) in [4.78, 5) is 16.8. The standard InChI is InChI=1S/C17H12FN3OS/c18-13-8-6-12(7-9-13)16-19-17-21(20-16)15(22)10-14(23-17)11-4-2-1-3-5-11/h1-9,14H,10H2/t14-/m1/s1. The summed E-state index contributed by atoms with van der Waals surface area (Å²) in [6.07, 6.45) is 0.383. The van der Waals surface area contributed by atoms with Gasteiger partial charge < -0.3 is 0 Å². The molecule has 0 amide bonds. The van der Waals surface area contributed by atoms with Crippen molar-refractivity contribution in [2.75, 3.05) is 0 Å². The third kappa shape index (κ3) is 2.66. The molecule has 6 heteroatoms. The van der Waals surface area contributed by atoms with Crippen LogP contribution in [0.25, 0.3) is 11.4 Å². The van der Waals surface area contributed by atoms with E-state index in [9.17, 15) is 9.18 Å². The highest BCUT2D eigenvalue weighted by Crippen LogP contribution is 2.41. The number of halogens is 1. The molecule has 0 saturated heterocycles. The van der Waals surface area contributed by atoms with Gasteiger partial charge in [0.25, 0.3) is 5.91 Å². The fraction of sp³-hybridized carbons (Fsp3) is 0.118. The Balaban J connectivity index is 1.68. The summed E-state index contributed by atoms with van der Waals surface area (Å²) in [5.74, 6) is 0.0512. The second-order valence-corrected chi connectivity index (χ2v) is 6.42. The first-order valence-electron chi connectivity index (χ1n) is 7.18. The third-order valence-corrected chi connectivity index (χ3v) is 4.89. The maximum absolute atomic E-state index is 13.0. The first kappa shape index (κ1) is 14.1. The van der Waals surface area contributed by atoms with Crippen LogP contribution in [0.3, 0.4) is 0 Å². The van der Waals surface area contributed by atoms with Gasteiger partial charge in [0.2, 0.25) is 0 Å². The summed E-state index contributed by atoms with van der Waals surface area (Å²) >= 11 is 1.53. The second-order valence-electron chi connectivity index (χ2n) is 5.25. The van der Waals surface area contributed by atoms with E-state index in [4.69, 9.17) is 0 Å². The quantitative estimate of drug-likeness (QED) is 0.715. The van der Waals surface area contributed by atoms with Crippen molar-refractivity contribution >= 4 is 17.7 Å². The molecule has 23 heavy (non-hydrogen) atoms. The molecule has 4 nitrogen and oxygen atoms in total. The van der Waals surface area contributed by atoms with Crippen molar-refractivity contribution in [1.29, 1.82) is 0 Å². The van der Waals surface area contributed by atoms with Crippen LogP contribution in [0.15, 0.2) is 59.8 Å². The van der Waals surface area contributed by atoms with Gasteiger partial charge in [0.15, 0.2) is 11.0 Å². The van der Waals surface area contributed by atoms with E-state index in [0.29, 0.717) is 23.0 Å². The number of aromatic nitrogens is 3. The van der Waals surface area contributed by atoms with Gasteiger partial charge in [0, 0.05) is 17.2 Å². The monoisotopic (exact) mass is 325 g/mol. The molecule has 4 rings (SSSR count). The molecule has 0 radical (unpaired) electrons. The Morgan fingerprint density at radius 3 is 2.57 bits per heavy atom. The van der Waals surface area contributed by atoms with Gasteiger partial charge in [0.1, 0.15) is 5.82 Å². The molecule has 2 aromatic carbocycles. The summed E-state index contributed by atoms with van der Waals surface area (Å²) in [5, 5.41) is 4.89. The Kier molecular flexibility index (Phi) is 3.46. The fourth-order valence-electron chi connectivity index (χ4n) is 2.53. The molecule has 0 spiro atoms. The number of benzene rings is 2. The number of hydrogen-bond donors (Lipinski definition) is 0. The van der Waals surface area contributed by atoms with E-state index < -0.39 is 0 Å². The Morgan fingerprint density at radius 1 is 1.09 bits per heavy atom. The molecule has 3 aromatic rings. The number of nitrogens with zero attached hydrogens (tertiary/aromatic N) is 3. The maximum Gasteiger partial charge on any atom is 0.250 e. The first-order valence-corrected chi connectivity index (χ1v) is 8.06. The second kappa shape index (κ2) is 5.62. The van der Waals surface area contributed by atoms with Crippen LogP contribution in [-0.4, -0.2) is 20.7 Å². The minimum Gasteiger partial charge on any atom is -0.272 e. The van der Waals surface area contributed by atoms with E-state index in [1.165, 1.54) is 28.6 Å². The minimum absolute atomic E-state index is 0.0430. The lowest BCUT2D eigenvalue weighted by atomic mass is 10.1. The summed E-state index contributed by atoms with van der Waals surface area (Å²) in [6.45, 7) is 0. The third-order valence-electron chi connectivity index (χ3n) is 3.70. The van der Waals surface area contributed by atoms with Crippen molar-refractivity contribution in [2.24, 2.45) is 0 Å². The summed E-state index contributed by atoms with van der Waals surface area (Å²) in [5.41, 5.74) is 1.79. The van der Waals surface area contributed by atoms with Crippen molar-refractivity contribution in [3.05, 3.63) is 66.0 Å². The predicted molar refractivity (Wildman–Crippen MR) is 85.7 cm³/mol. The lowest BCUT2D eigenvalue weighted by Gasteiger charge is -2.20. The number of rotatable bonds is 2. The number of hydrogen-bond acceptors (Lipinski definition) is 4. The van der Waals surface area contributed by atoms with Crippen LogP contribution in [0.1, 0.15) is 22.0 Å². The average Bonchev–Trinajstić information content (AvgIpc) is 3.01. The SMILES string of the molecule is O=C1C[C@H](c2ccccc2)Sc2nc(-c3ccc(F)cc3)nn21. The molecule has 2 heterocycles. The zero-order valence-electron chi connectivity index (χ0n) is 12.0. The Morgan fingerprint density at radius 2 is 1.83 bits per heavy atom. The minimum atomic E-state index is -0.313. The largest absolute Gasteiger partial charge is 0.272 e. The molecule has 0 N–H and O–H groups in total. The molecule has 0 unspecified atom stereocenters. The van der Waals surface area contributed by atoms with Gasteiger partial charge >= 0.3 is 0 Å². The van der Waals surface area contributed by atoms with Crippen molar-refractivity contribution in [2.45, 2.75) is 16.8 Å². The molecule has 1 aromatic heterocycles. The van der Waals surface area contributed by atoms with Crippen molar-refractivity contribution in [3.63, 3.8) is 0 Å². The Labute approximate surface area is 136 Å². The van der Waals surface area contributed by atoms with E-state index in [1.54, 1.807) is 12.1 Å². The zero-order chi connectivity index (χ0) is 15.8. The average molecular weight is 325 g/mol. The van der Waals surface area contributed by atoms with Gasteiger partial charge in [0.05, 0.1) is 0 Å². The molecule has 0 bridgehead atoms. The van der Waals surface area contributed by atoms with Crippen LogP contribution in [0, 0.1) is 5.82 Å². The van der Waals surface area contributed by atoms with Gasteiger partial charge in [-0.15, -0.1) is 5.10 Å². The van der Waals surface area contributed by atoms with Gasteiger partial charge in [-0.1, -0.05) is 42.1 Å². The number of carbonyl (C=O) groups is 1. The lowest BCUT2D eigenvalue weighted by Crippen LogP contribution is -2.20. The Hall–Kier alpha value is -2.47. The lowest BCUT2D eigenvalue weighted by molar-refractivity contribution is 0.0868. The van der Waals surface area contributed by atoms with Gasteiger partial charge in [-0.2, -0.15) is 4.68 Å². The molecule has 1 aliphatic heterocycles. The Bertz CT molecular complexity index is 861. The first-order chi connectivity index (χ1) is 11.2. The van der Waals surface area contributed by atoms with Gasteiger partial charge in [-0.25, -0.2) is 9.37 Å². The summed E-state index contributed by atoms with van der Waals surface area (Å²) in [6, 6.07) is 15.8. The predicted octanol–water partition coefficient (Wildman–Crippen LogP) is 3.96. The zero-order valence-corrected chi connectivity index (χ0v) is 12.8. The van der Waals surface area contributed by atoms with Crippen LogP contribution in [0.4, 0.5) is 4.39 Å². The van der Waals surface area contributed by atoms with Gasteiger partial charge in [-0.05, 0) is 29.8 Å². The van der Waals surface area contributed by atoms with Crippen LogP contribution in [0.2, 0.25) is 0 Å². The van der Waals surface area contributed by atoms with Gasteiger partial charge in [-0.3, -0.25) is 4.79 Å². The van der Waals surface area contributed by atoms with E-state index >= 15 is 0 Å². The number of carbonyl (C=O) groups excluding carboxylic acids is 1. The summed E-state index contributed by atoms with van der Waals surface area (Å²) < 4.78 is 14.4. The smallest absolute Gasteiger partial charge is 0.250 e. The van der Waals surface area contributed by atoms with Crippen LogP contribution in [-0.2, 0) is 0 Å². The van der Waals surface area contributed by atoms with Crippen LogP contribution in [0.5, 0.6) is 0 Å². The number of fused-ring (bicyclic) bond motifs is 1. The van der Waals surface area contributed by atoms with E-state index in [1.807, 2.05) is 30.3 Å². The highest BCUT2D eigenvalue weighted by molar-refractivity contribution is 7.99. The normalized spacial score (nSPS) is 17.1. The fourth-order valence-corrected chi connectivity index (χ4v) is 3.68. The molecule has 0 saturated carbocycles. The van der Waals surface area contributed by atoms with Crippen LogP contribution < -0.4 is 0 Å². The number of thioether (sulfide) groups is 1. The van der Waals surface area contributed by atoms with Crippen molar-refractivity contribution in [3.8, 4) is 11.4 Å². The molecular formula is C17H12FN3OS.